The fourth-order valence-corrected chi connectivity index (χ4v) is 2.52. The molecule has 110 valence electrons. The zero-order valence-corrected chi connectivity index (χ0v) is 11.1. The Morgan fingerprint density at radius 1 is 1.35 bits per heavy atom. The minimum atomic E-state index is -4.42. The van der Waals surface area contributed by atoms with E-state index in [4.69, 9.17) is 0 Å². The fraction of sp³-hybridized carbons (Fsp3) is 0.500. The van der Waals surface area contributed by atoms with Crippen molar-refractivity contribution in [2.45, 2.75) is 38.4 Å². The fourth-order valence-electron chi connectivity index (χ4n) is 2.52. The van der Waals surface area contributed by atoms with Gasteiger partial charge < -0.3 is 10.0 Å². The quantitative estimate of drug-likeness (QED) is 0.861. The van der Waals surface area contributed by atoms with Gasteiger partial charge in [-0.05, 0) is 38.3 Å². The molecule has 1 N–H and O–H groups in total. The van der Waals surface area contributed by atoms with Gasteiger partial charge in [-0.15, -0.1) is 0 Å². The average molecular weight is 287 g/mol. The van der Waals surface area contributed by atoms with E-state index in [-0.39, 0.29) is 24.3 Å². The van der Waals surface area contributed by atoms with Crippen molar-refractivity contribution in [3.8, 4) is 5.75 Å². The van der Waals surface area contributed by atoms with Gasteiger partial charge in [0.15, 0.2) is 0 Å². The van der Waals surface area contributed by atoms with Gasteiger partial charge in [0.05, 0.1) is 0 Å². The number of nitrogens with zero attached hydrogens (tertiary/aromatic N) is 1. The van der Waals surface area contributed by atoms with Gasteiger partial charge >= 0.3 is 6.18 Å². The predicted molar refractivity (Wildman–Crippen MR) is 67.6 cm³/mol. The maximum Gasteiger partial charge on any atom is 0.408 e. The second kappa shape index (κ2) is 5.34. The van der Waals surface area contributed by atoms with E-state index < -0.39 is 18.1 Å². The molecule has 0 radical (unpaired) electrons. The van der Waals surface area contributed by atoms with Crippen molar-refractivity contribution in [1.82, 2.24) is 4.90 Å². The Morgan fingerprint density at radius 3 is 2.70 bits per heavy atom. The molecule has 0 bridgehead atoms. The number of alkyl halides is 3. The highest BCUT2D eigenvalue weighted by molar-refractivity contribution is 5.96. The molecule has 20 heavy (non-hydrogen) atoms. The molecule has 2 rings (SSSR count). The van der Waals surface area contributed by atoms with E-state index >= 15 is 0 Å². The van der Waals surface area contributed by atoms with Crippen molar-refractivity contribution in [1.29, 1.82) is 0 Å². The smallest absolute Gasteiger partial charge is 0.408 e. The number of phenols is 1. The summed E-state index contributed by atoms with van der Waals surface area (Å²) in [5, 5.41) is 9.58. The van der Waals surface area contributed by atoms with E-state index in [9.17, 15) is 23.1 Å². The van der Waals surface area contributed by atoms with Gasteiger partial charge in [0.2, 0.25) is 0 Å². The van der Waals surface area contributed by atoms with Crippen LogP contribution in [0.4, 0.5) is 13.2 Å². The second-order valence-corrected chi connectivity index (χ2v) is 5.00. The maximum atomic E-state index is 13.0. The number of hydrogen-bond donors (Lipinski definition) is 1. The molecule has 1 aliphatic heterocycles. The van der Waals surface area contributed by atoms with Crippen LogP contribution in [0, 0.1) is 6.92 Å². The minimum Gasteiger partial charge on any atom is -0.508 e. The van der Waals surface area contributed by atoms with E-state index in [1.807, 2.05) is 0 Å². The van der Waals surface area contributed by atoms with Crippen LogP contribution in [0.1, 0.15) is 35.2 Å². The lowest BCUT2D eigenvalue weighted by Crippen LogP contribution is -2.51. The van der Waals surface area contributed by atoms with E-state index in [0.29, 0.717) is 18.4 Å². The Labute approximate surface area is 115 Å². The number of rotatable bonds is 1. The lowest BCUT2D eigenvalue weighted by atomic mass is 9.99. The molecule has 1 aromatic carbocycles. The van der Waals surface area contributed by atoms with Crippen LogP contribution in [0.15, 0.2) is 18.2 Å². The molecule has 1 fully saturated rings. The Kier molecular flexibility index (Phi) is 3.92. The number of carbonyl (C=O) groups excluding carboxylic acids is 1. The summed E-state index contributed by atoms with van der Waals surface area (Å²) in [5.74, 6) is -0.753. The molecule has 1 heterocycles. The summed E-state index contributed by atoms with van der Waals surface area (Å²) in [6.45, 7) is 1.62. The van der Waals surface area contributed by atoms with Crippen LogP contribution in [-0.4, -0.2) is 34.7 Å². The molecule has 0 aromatic heterocycles. The van der Waals surface area contributed by atoms with Crippen molar-refractivity contribution >= 4 is 5.91 Å². The van der Waals surface area contributed by atoms with Crippen LogP contribution in [0.3, 0.4) is 0 Å². The highest BCUT2D eigenvalue weighted by Crippen LogP contribution is 2.33. The third kappa shape index (κ3) is 2.73. The molecule has 3 nitrogen and oxygen atoms in total. The molecular weight excluding hydrogens is 271 g/mol. The van der Waals surface area contributed by atoms with Gasteiger partial charge in [0.25, 0.3) is 5.91 Å². The van der Waals surface area contributed by atoms with E-state index in [1.165, 1.54) is 25.1 Å². The molecule has 1 aliphatic rings. The van der Waals surface area contributed by atoms with Crippen LogP contribution >= 0.6 is 0 Å². The third-order valence-electron chi connectivity index (χ3n) is 3.68. The number of likely N-dealkylation sites (tertiary alicyclic amines) is 1. The highest BCUT2D eigenvalue weighted by atomic mass is 19.4. The number of aromatic hydroxyl groups is 1. The largest absolute Gasteiger partial charge is 0.508 e. The molecule has 1 amide bonds. The summed E-state index contributed by atoms with van der Waals surface area (Å²) in [4.78, 5) is 13.2. The Bertz CT molecular complexity index is 514. The first-order chi connectivity index (χ1) is 9.32. The van der Waals surface area contributed by atoms with Gasteiger partial charge in [0.1, 0.15) is 11.8 Å². The van der Waals surface area contributed by atoms with Crippen LogP contribution in [0.5, 0.6) is 5.75 Å². The van der Waals surface area contributed by atoms with Crippen molar-refractivity contribution in [3.63, 3.8) is 0 Å². The van der Waals surface area contributed by atoms with Crippen LogP contribution in [0.25, 0.3) is 0 Å². The van der Waals surface area contributed by atoms with Crippen LogP contribution in [0.2, 0.25) is 0 Å². The molecule has 0 aliphatic carbocycles. The third-order valence-corrected chi connectivity index (χ3v) is 3.68. The molecule has 1 saturated heterocycles. The number of halogens is 3. The molecule has 0 saturated carbocycles. The number of amides is 1. The topological polar surface area (TPSA) is 40.5 Å². The molecular formula is C14H16F3NO2. The molecule has 0 spiro atoms. The standard InChI is InChI=1S/C14H16F3NO2/c1-9-10(5-4-6-11(9)19)13(20)18-8-3-2-7-12(18)14(15,16)17/h4-6,12,19H,2-3,7-8H2,1H3. The maximum absolute atomic E-state index is 13.0. The first kappa shape index (κ1) is 14.7. The van der Waals surface area contributed by atoms with Gasteiger partial charge in [-0.25, -0.2) is 0 Å². The van der Waals surface area contributed by atoms with Gasteiger partial charge in [0, 0.05) is 17.7 Å². The summed E-state index contributed by atoms with van der Waals surface area (Å²) in [7, 11) is 0. The van der Waals surface area contributed by atoms with E-state index in [2.05, 4.69) is 0 Å². The normalized spacial score (nSPS) is 20.0. The van der Waals surface area contributed by atoms with Crippen molar-refractivity contribution in [2.24, 2.45) is 0 Å². The lowest BCUT2D eigenvalue weighted by Gasteiger charge is -2.37. The number of carbonyl (C=O) groups is 1. The first-order valence-corrected chi connectivity index (χ1v) is 6.48. The molecule has 1 unspecified atom stereocenters. The van der Waals surface area contributed by atoms with Crippen LogP contribution < -0.4 is 0 Å². The summed E-state index contributed by atoms with van der Waals surface area (Å²) >= 11 is 0. The van der Waals surface area contributed by atoms with E-state index in [0.717, 1.165) is 4.90 Å². The number of benzene rings is 1. The highest BCUT2D eigenvalue weighted by Gasteiger charge is 2.46. The molecule has 1 aromatic rings. The average Bonchev–Trinajstić information content (AvgIpc) is 2.40. The van der Waals surface area contributed by atoms with Gasteiger partial charge in [-0.1, -0.05) is 6.07 Å². The molecule has 6 heteroatoms. The minimum absolute atomic E-state index is 0.0624. The Morgan fingerprint density at radius 2 is 2.05 bits per heavy atom. The lowest BCUT2D eigenvalue weighted by molar-refractivity contribution is -0.183. The zero-order valence-electron chi connectivity index (χ0n) is 11.1. The first-order valence-electron chi connectivity index (χ1n) is 6.48. The monoisotopic (exact) mass is 287 g/mol. The SMILES string of the molecule is Cc1c(O)cccc1C(=O)N1CCCCC1C(F)(F)F. The second-order valence-electron chi connectivity index (χ2n) is 5.00. The van der Waals surface area contributed by atoms with Crippen LogP contribution in [-0.2, 0) is 0 Å². The van der Waals surface area contributed by atoms with Crippen molar-refractivity contribution in [3.05, 3.63) is 29.3 Å². The number of hydrogen-bond acceptors (Lipinski definition) is 2. The summed E-state index contributed by atoms with van der Waals surface area (Å²) < 4.78 is 39.0. The predicted octanol–water partition coefficient (Wildman–Crippen LogP) is 3.26. The summed E-state index contributed by atoms with van der Waals surface area (Å²) in [6.07, 6.45) is -3.45. The zero-order chi connectivity index (χ0) is 14.9. The number of phenolic OH excluding ortho intramolecular Hbond substituents is 1. The molecule has 1 atom stereocenters. The van der Waals surface area contributed by atoms with Crippen molar-refractivity contribution < 1.29 is 23.1 Å². The van der Waals surface area contributed by atoms with E-state index in [1.54, 1.807) is 0 Å². The Balaban J connectivity index is 2.33. The number of piperidine rings is 1. The van der Waals surface area contributed by atoms with Crippen molar-refractivity contribution in [2.75, 3.05) is 6.54 Å². The van der Waals surface area contributed by atoms with Gasteiger partial charge in [-0.2, -0.15) is 13.2 Å². The summed E-state index contributed by atoms with van der Waals surface area (Å²) in [5.41, 5.74) is 0.435. The Hall–Kier alpha value is -1.72. The summed E-state index contributed by atoms with van der Waals surface area (Å²) in [6, 6.07) is 2.58. The van der Waals surface area contributed by atoms with Gasteiger partial charge in [-0.3, -0.25) is 4.79 Å².